The number of nitrogens with zero attached hydrogens (tertiary/aromatic N) is 5. The summed E-state index contributed by atoms with van der Waals surface area (Å²) in [5, 5.41) is 11.8. The molecule has 2 aromatic carbocycles. The zero-order chi connectivity index (χ0) is 20.9. The van der Waals surface area contributed by atoms with Gasteiger partial charge in [0.2, 0.25) is 0 Å². The molecule has 0 radical (unpaired) electrons. The van der Waals surface area contributed by atoms with Gasteiger partial charge in [0.05, 0.1) is 11.4 Å². The molecule has 4 rings (SSSR count). The first kappa shape index (κ1) is 20.4. The molecule has 0 bridgehead atoms. The number of anilines is 1. The second kappa shape index (κ2) is 9.28. The maximum Gasteiger partial charge on any atom is 0.273 e. The predicted molar refractivity (Wildman–Crippen MR) is 119 cm³/mol. The molecule has 30 heavy (non-hydrogen) atoms. The van der Waals surface area contributed by atoms with E-state index in [-0.39, 0.29) is 5.91 Å². The summed E-state index contributed by atoms with van der Waals surface area (Å²) in [6, 6.07) is 17.8. The van der Waals surface area contributed by atoms with Gasteiger partial charge in [0.25, 0.3) is 5.91 Å². The van der Waals surface area contributed by atoms with Crippen molar-refractivity contribution in [2.75, 3.05) is 44.2 Å². The van der Waals surface area contributed by atoms with E-state index < -0.39 is 0 Å². The van der Waals surface area contributed by atoms with Crippen molar-refractivity contribution in [1.29, 1.82) is 0 Å². The molecular weight excluding hydrogens is 400 g/mol. The average Bonchev–Trinajstić information content (AvgIpc) is 3.16. The van der Waals surface area contributed by atoms with Crippen molar-refractivity contribution in [1.82, 2.24) is 25.2 Å². The minimum Gasteiger partial charge on any atom is -0.369 e. The highest BCUT2D eigenvalue weighted by atomic mass is 35.5. The van der Waals surface area contributed by atoms with Crippen molar-refractivity contribution in [3.63, 3.8) is 0 Å². The van der Waals surface area contributed by atoms with Crippen molar-refractivity contribution in [2.24, 2.45) is 0 Å². The molecule has 1 amide bonds. The van der Waals surface area contributed by atoms with Crippen LogP contribution >= 0.6 is 11.6 Å². The number of rotatable bonds is 6. The molecule has 0 spiro atoms. The Kier molecular flexibility index (Phi) is 6.30. The number of piperazine rings is 1. The van der Waals surface area contributed by atoms with Gasteiger partial charge >= 0.3 is 0 Å². The predicted octanol–water partition coefficient (Wildman–Crippen LogP) is 2.78. The maximum atomic E-state index is 12.6. The van der Waals surface area contributed by atoms with E-state index in [1.54, 1.807) is 16.8 Å². The van der Waals surface area contributed by atoms with Gasteiger partial charge in [-0.05, 0) is 37.3 Å². The quantitative estimate of drug-likeness (QED) is 0.659. The standard InChI is InChI=1S/C22H25ClN6O/c1-17-21(25-26-29(17)20-9-5-6-18(23)16-20)22(30)24-10-11-27-12-14-28(15-13-27)19-7-3-2-4-8-19/h2-9,16H,10-15H2,1H3,(H,24,30). The second-order valence-corrected chi connectivity index (χ2v) is 7.77. The van der Waals surface area contributed by atoms with Crippen molar-refractivity contribution in [3.05, 3.63) is 71.0 Å². The van der Waals surface area contributed by atoms with Crippen LogP contribution < -0.4 is 10.2 Å². The summed E-state index contributed by atoms with van der Waals surface area (Å²) in [5.74, 6) is -0.205. The number of para-hydroxylation sites is 1. The average molecular weight is 425 g/mol. The van der Waals surface area contributed by atoms with E-state index in [0.29, 0.717) is 23.0 Å². The number of carbonyl (C=O) groups is 1. The largest absolute Gasteiger partial charge is 0.369 e. The molecule has 0 saturated carbocycles. The summed E-state index contributed by atoms with van der Waals surface area (Å²) >= 11 is 6.05. The first-order valence-corrected chi connectivity index (χ1v) is 10.5. The Morgan fingerprint density at radius 2 is 1.77 bits per heavy atom. The third-order valence-corrected chi connectivity index (χ3v) is 5.60. The van der Waals surface area contributed by atoms with E-state index in [2.05, 4.69) is 49.7 Å². The molecule has 1 aliphatic rings. The van der Waals surface area contributed by atoms with E-state index in [9.17, 15) is 4.79 Å². The molecule has 156 valence electrons. The summed E-state index contributed by atoms with van der Waals surface area (Å²) in [6.07, 6.45) is 0. The number of nitrogens with one attached hydrogen (secondary N) is 1. The van der Waals surface area contributed by atoms with Gasteiger partial charge < -0.3 is 10.2 Å². The molecule has 1 saturated heterocycles. The summed E-state index contributed by atoms with van der Waals surface area (Å²) in [5.41, 5.74) is 3.07. The molecule has 8 heteroatoms. The number of amides is 1. The van der Waals surface area contributed by atoms with Gasteiger partial charge in [-0.3, -0.25) is 9.69 Å². The first-order chi connectivity index (χ1) is 14.6. The fourth-order valence-corrected chi connectivity index (χ4v) is 3.86. The van der Waals surface area contributed by atoms with E-state index in [1.807, 2.05) is 25.1 Å². The van der Waals surface area contributed by atoms with Crippen LogP contribution in [0.25, 0.3) is 5.69 Å². The molecule has 1 fully saturated rings. The lowest BCUT2D eigenvalue weighted by atomic mass is 10.2. The highest BCUT2D eigenvalue weighted by molar-refractivity contribution is 6.30. The third-order valence-electron chi connectivity index (χ3n) is 5.37. The van der Waals surface area contributed by atoms with Crippen molar-refractivity contribution >= 4 is 23.2 Å². The lowest BCUT2D eigenvalue weighted by Crippen LogP contribution is -2.48. The minimum atomic E-state index is -0.205. The summed E-state index contributed by atoms with van der Waals surface area (Å²) in [7, 11) is 0. The zero-order valence-corrected chi connectivity index (χ0v) is 17.7. The SMILES string of the molecule is Cc1c(C(=O)NCCN2CCN(c3ccccc3)CC2)nnn1-c1cccc(Cl)c1. The van der Waals surface area contributed by atoms with Crippen LogP contribution in [0.4, 0.5) is 5.69 Å². The van der Waals surface area contributed by atoms with E-state index >= 15 is 0 Å². The van der Waals surface area contributed by atoms with Crippen LogP contribution in [0.1, 0.15) is 16.2 Å². The summed E-state index contributed by atoms with van der Waals surface area (Å²) in [6.45, 7) is 7.17. The highest BCUT2D eigenvalue weighted by Crippen LogP contribution is 2.17. The van der Waals surface area contributed by atoms with Gasteiger partial charge in [0.1, 0.15) is 0 Å². The summed E-state index contributed by atoms with van der Waals surface area (Å²) < 4.78 is 1.63. The number of carbonyl (C=O) groups excluding carboxylic acids is 1. The van der Waals surface area contributed by atoms with Crippen LogP contribution in [-0.4, -0.2) is 65.1 Å². The smallest absolute Gasteiger partial charge is 0.273 e. The Hall–Kier alpha value is -2.90. The van der Waals surface area contributed by atoms with Crippen molar-refractivity contribution in [3.8, 4) is 5.69 Å². The van der Waals surface area contributed by atoms with Crippen LogP contribution in [-0.2, 0) is 0 Å². The van der Waals surface area contributed by atoms with Crippen LogP contribution in [0.2, 0.25) is 5.02 Å². The molecule has 0 aliphatic carbocycles. The number of aromatic nitrogens is 3. The Morgan fingerprint density at radius 3 is 2.50 bits per heavy atom. The monoisotopic (exact) mass is 424 g/mol. The topological polar surface area (TPSA) is 66.3 Å². The lowest BCUT2D eigenvalue weighted by molar-refractivity contribution is 0.0942. The van der Waals surface area contributed by atoms with E-state index in [4.69, 9.17) is 11.6 Å². The molecule has 0 unspecified atom stereocenters. The van der Waals surface area contributed by atoms with Crippen LogP contribution in [0.3, 0.4) is 0 Å². The molecule has 3 aromatic rings. The van der Waals surface area contributed by atoms with Gasteiger partial charge in [-0.2, -0.15) is 0 Å². The van der Waals surface area contributed by atoms with Gasteiger partial charge in [-0.1, -0.05) is 41.1 Å². The normalized spacial score (nSPS) is 14.7. The van der Waals surface area contributed by atoms with Crippen molar-refractivity contribution in [2.45, 2.75) is 6.92 Å². The Bertz CT molecular complexity index is 998. The molecule has 7 nitrogen and oxygen atoms in total. The van der Waals surface area contributed by atoms with Crippen LogP contribution in [0.5, 0.6) is 0 Å². The van der Waals surface area contributed by atoms with Gasteiger partial charge in [0, 0.05) is 50.0 Å². The first-order valence-electron chi connectivity index (χ1n) is 10.1. The highest BCUT2D eigenvalue weighted by Gasteiger charge is 2.19. The molecule has 1 aliphatic heterocycles. The number of hydrogen-bond acceptors (Lipinski definition) is 5. The molecule has 1 N–H and O–H groups in total. The Balaban J connectivity index is 1.27. The molecule has 1 aromatic heterocycles. The number of hydrogen-bond donors (Lipinski definition) is 1. The Labute approximate surface area is 181 Å². The fourth-order valence-electron chi connectivity index (χ4n) is 3.67. The van der Waals surface area contributed by atoms with Gasteiger partial charge in [-0.15, -0.1) is 5.10 Å². The number of halogens is 1. The lowest BCUT2D eigenvalue weighted by Gasteiger charge is -2.36. The Morgan fingerprint density at radius 1 is 1.03 bits per heavy atom. The van der Waals surface area contributed by atoms with Gasteiger partial charge in [-0.25, -0.2) is 4.68 Å². The third kappa shape index (κ3) is 4.63. The second-order valence-electron chi connectivity index (χ2n) is 7.34. The van der Waals surface area contributed by atoms with Crippen LogP contribution in [0, 0.1) is 6.92 Å². The van der Waals surface area contributed by atoms with Crippen molar-refractivity contribution < 1.29 is 4.79 Å². The molecule has 2 heterocycles. The summed E-state index contributed by atoms with van der Waals surface area (Å²) in [4.78, 5) is 17.3. The maximum absolute atomic E-state index is 12.6. The zero-order valence-electron chi connectivity index (χ0n) is 17.0. The van der Waals surface area contributed by atoms with Crippen LogP contribution in [0.15, 0.2) is 54.6 Å². The molecular formula is C22H25ClN6O. The minimum absolute atomic E-state index is 0.205. The fraction of sp³-hybridized carbons (Fsp3) is 0.318. The van der Waals surface area contributed by atoms with E-state index in [1.165, 1.54) is 5.69 Å². The van der Waals surface area contributed by atoms with E-state index in [0.717, 1.165) is 38.4 Å². The number of benzene rings is 2. The molecule has 0 atom stereocenters. The van der Waals surface area contributed by atoms with Gasteiger partial charge in [0.15, 0.2) is 5.69 Å².